The van der Waals surface area contributed by atoms with Gasteiger partial charge in [0.25, 0.3) is 0 Å². The van der Waals surface area contributed by atoms with E-state index in [1.54, 1.807) is 0 Å². The van der Waals surface area contributed by atoms with E-state index in [-0.39, 0.29) is 0 Å². The summed E-state index contributed by atoms with van der Waals surface area (Å²) in [5, 5.41) is 7.04. The van der Waals surface area contributed by atoms with E-state index in [2.05, 4.69) is 39.6 Å². The SMILES string of the molecule is CN=C(NCc1ccc(C)s1)NC1CCN(C2CCCC2)C1. The van der Waals surface area contributed by atoms with E-state index < -0.39 is 0 Å². The van der Waals surface area contributed by atoms with Gasteiger partial charge in [-0.2, -0.15) is 0 Å². The number of likely N-dealkylation sites (tertiary alicyclic amines) is 1. The van der Waals surface area contributed by atoms with E-state index >= 15 is 0 Å². The van der Waals surface area contributed by atoms with Crippen LogP contribution in [0.15, 0.2) is 17.1 Å². The number of aryl methyl sites for hydroxylation is 1. The molecule has 0 radical (unpaired) electrons. The molecule has 2 aliphatic rings. The molecule has 1 saturated heterocycles. The molecule has 1 aromatic heterocycles. The Morgan fingerprint density at radius 1 is 1.32 bits per heavy atom. The van der Waals surface area contributed by atoms with E-state index in [1.807, 2.05) is 18.4 Å². The van der Waals surface area contributed by atoms with E-state index in [0.29, 0.717) is 6.04 Å². The third-order valence-corrected chi connectivity index (χ3v) is 5.85. The van der Waals surface area contributed by atoms with Crippen LogP contribution in [0.25, 0.3) is 0 Å². The van der Waals surface area contributed by atoms with Crippen molar-refractivity contribution in [2.45, 2.75) is 57.7 Å². The van der Waals surface area contributed by atoms with Crippen LogP contribution in [0.2, 0.25) is 0 Å². The predicted octanol–water partition coefficient (Wildman–Crippen LogP) is 2.74. The highest BCUT2D eigenvalue weighted by molar-refractivity contribution is 7.11. The van der Waals surface area contributed by atoms with Gasteiger partial charge in [-0.15, -0.1) is 11.3 Å². The molecule has 0 aromatic carbocycles. The van der Waals surface area contributed by atoms with Crippen molar-refractivity contribution in [3.63, 3.8) is 0 Å². The van der Waals surface area contributed by atoms with Crippen molar-refractivity contribution in [3.8, 4) is 0 Å². The Labute approximate surface area is 138 Å². The summed E-state index contributed by atoms with van der Waals surface area (Å²) in [7, 11) is 1.86. The fourth-order valence-corrected chi connectivity index (χ4v) is 4.48. The maximum atomic E-state index is 4.38. The highest BCUT2D eigenvalue weighted by Crippen LogP contribution is 2.26. The topological polar surface area (TPSA) is 39.7 Å². The summed E-state index contributed by atoms with van der Waals surface area (Å²) in [5.74, 6) is 0.935. The summed E-state index contributed by atoms with van der Waals surface area (Å²) in [4.78, 5) is 9.78. The molecule has 0 bridgehead atoms. The lowest BCUT2D eigenvalue weighted by atomic mass is 10.2. The molecule has 1 aliphatic heterocycles. The van der Waals surface area contributed by atoms with Crippen LogP contribution >= 0.6 is 11.3 Å². The van der Waals surface area contributed by atoms with Gasteiger partial charge in [-0.3, -0.25) is 9.89 Å². The zero-order valence-corrected chi connectivity index (χ0v) is 14.6. The number of aliphatic imine (C=N–C) groups is 1. The molecule has 0 amide bonds. The first-order valence-electron chi connectivity index (χ1n) is 8.51. The van der Waals surface area contributed by atoms with Crippen LogP contribution in [0.5, 0.6) is 0 Å². The maximum absolute atomic E-state index is 4.38. The molecule has 2 fully saturated rings. The van der Waals surface area contributed by atoms with Gasteiger partial charge in [-0.1, -0.05) is 12.8 Å². The lowest BCUT2D eigenvalue weighted by Gasteiger charge is -2.24. The summed E-state index contributed by atoms with van der Waals surface area (Å²) in [6, 6.07) is 5.75. The molecule has 1 unspecified atom stereocenters. The maximum Gasteiger partial charge on any atom is 0.191 e. The molecular weight excluding hydrogens is 292 g/mol. The molecule has 122 valence electrons. The third kappa shape index (κ3) is 4.02. The Bertz CT molecular complexity index is 505. The average molecular weight is 321 g/mol. The van der Waals surface area contributed by atoms with Crippen molar-refractivity contribution in [2.24, 2.45) is 4.99 Å². The second kappa shape index (κ2) is 7.47. The van der Waals surface area contributed by atoms with Crippen molar-refractivity contribution in [1.29, 1.82) is 0 Å². The number of nitrogens with one attached hydrogen (secondary N) is 2. The van der Waals surface area contributed by atoms with Crippen LogP contribution in [0.3, 0.4) is 0 Å². The van der Waals surface area contributed by atoms with Crippen LogP contribution in [0, 0.1) is 6.92 Å². The number of hydrogen-bond acceptors (Lipinski definition) is 3. The Morgan fingerprint density at radius 2 is 2.14 bits per heavy atom. The van der Waals surface area contributed by atoms with E-state index in [9.17, 15) is 0 Å². The summed E-state index contributed by atoms with van der Waals surface area (Å²) in [6.45, 7) is 5.42. The second-order valence-electron chi connectivity index (χ2n) is 6.50. The van der Waals surface area contributed by atoms with Gasteiger partial charge in [0, 0.05) is 42.0 Å². The zero-order chi connectivity index (χ0) is 15.4. The summed E-state index contributed by atoms with van der Waals surface area (Å²) < 4.78 is 0. The lowest BCUT2D eigenvalue weighted by Crippen LogP contribution is -2.44. The third-order valence-electron chi connectivity index (χ3n) is 4.85. The first-order chi connectivity index (χ1) is 10.7. The van der Waals surface area contributed by atoms with Crippen LogP contribution in [0.1, 0.15) is 41.9 Å². The minimum atomic E-state index is 0.539. The predicted molar refractivity (Wildman–Crippen MR) is 94.6 cm³/mol. The van der Waals surface area contributed by atoms with Crippen LogP contribution in [0.4, 0.5) is 0 Å². The van der Waals surface area contributed by atoms with Crippen molar-refractivity contribution in [1.82, 2.24) is 15.5 Å². The minimum absolute atomic E-state index is 0.539. The molecule has 4 nitrogen and oxygen atoms in total. The highest BCUT2D eigenvalue weighted by Gasteiger charge is 2.30. The van der Waals surface area contributed by atoms with Crippen LogP contribution in [-0.2, 0) is 6.54 Å². The van der Waals surface area contributed by atoms with Gasteiger partial charge in [0.05, 0.1) is 6.54 Å². The lowest BCUT2D eigenvalue weighted by molar-refractivity contribution is 0.242. The van der Waals surface area contributed by atoms with Crippen molar-refractivity contribution in [2.75, 3.05) is 20.1 Å². The molecule has 5 heteroatoms. The smallest absolute Gasteiger partial charge is 0.191 e. The van der Waals surface area contributed by atoms with Crippen LogP contribution in [-0.4, -0.2) is 43.1 Å². The molecule has 2 N–H and O–H groups in total. The molecule has 2 heterocycles. The van der Waals surface area contributed by atoms with E-state index in [4.69, 9.17) is 0 Å². The molecule has 1 saturated carbocycles. The Kier molecular flexibility index (Phi) is 5.37. The molecule has 1 aliphatic carbocycles. The largest absolute Gasteiger partial charge is 0.352 e. The monoisotopic (exact) mass is 320 g/mol. The van der Waals surface area contributed by atoms with Gasteiger partial charge in [0.15, 0.2) is 5.96 Å². The second-order valence-corrected chi connectivity index (χ2v) is 7.87. The van der Waals surface area contributed by atoms with Crippen molar-refractivity contribution in [3.05, 3.63) is 21.9 Å². The standard InChI is InChI=1S/C17H28N4S/c1-13-7-8-16(22-13)11-19-17(18-2)20-14-9-10-21(12-14)15-5-3-4-6-15/h7-8,14-15H,3-6,9-12H2,1-2H3,(H2,18,19,20). The number of rotatable bonds is 4. The highest BCUT2D eigenvalue weighted by atomic mass is 32.1. The molecule has 0 spiro atoms. The van der Waals surface area contributed by atoms with E-state index in [1.165, 1.54) is 54.9 Å². The molecule has 3 rings (SSSR count). The normalized spacial score (nSPS) is 24.1. The first kappa shape index (κ1) is 15.8. The minimum Gasteiger partial charge on any atom is -0.352 e. The molecule has 22 heavy (non-hydrogen) atoms. The molecular formula is C17H28N4S. The Morgan fingerprint density at radius 3 is 2.82 bits per heavy atom. The molecule has 1 aromatic rings. The number of hydrogen-bond donors (Lipinski definition) is 2. The number of nitrogens with zero attached hydrogens (tertiary/aromatic N) is 2. The quantitative estimate of drug-likeness (QED) is 0.662. The zero-order valence-electron chi connectivity index (χ0n) is 13.8. The fourth-order valence-electron chi connectivity index (χ4n) is 3.65. The summed E-state index contributed by atoms with van der Waals surface area (Å²) >= 11 is 1.85. The average Bonchev–Trinajstić information content (AvgIpc) is 3.24. The van der Waals surface area contributed by atoms with Gasteiger partial charge in [-0.05, 0) is 38.3 Å². The fraction of sp³-hybridized carbons (Fsp3) is 0.706. The van der Waals surface area contributed by atoms with Gasteiger partial charge < -0.3 is 10.6 Å². The summed E-state index contributed by atoms with van der Waals surface area (Å²) in [6.07, 6.45) is 6.87. The van der Waals surface area contributed by atoms with Gasteiger partial charge >= 0.3 is 0 Å². The van der Waals surface area contributed by atoms with Gasteiger partial charge in [0.1, 0.15) is 0 Å². The van der Waals surface area contributed by atoms with Crippen molar-refractivity contribution >= 4 is 17.3 Å². The van der Waals surface area contributed by atoms with Gasteiger partial charge in [0.2, 0.25) is 0 Å². The first-order valence-corrected chi connectivity index (χ1v) is 9.33. The number of thiophene rings is 1. The Hall–Kier alpha value is -1.07. The molecule has 1 atom stereocenters. The Balaban J connectivity index is 1.44. The van der Waals surface area contributed by atoms with Crippen molar-refractivity contribution < 1.29 is 0 Å². The number of guanidine groups is 1. The van der Waals surface area contributed by atoms with Gasteiger partial charge in [-0.25, -0.2) is 0 Å². The summed E-state index contributed by atoms with van der Waals surface area (Å²) in [5.41, 5.74) is 0. The van der Waals surface area contributed by atoms with Crippen LogP contribution < -0.4 is 10.6 Å². The van der Waals surface area contributed by atoms with E-state index in [0.717, 1.165) is 18.5 Å².